The summed E-state index contributed by atoms with van der Waals surface area (Å²) in [6.07, 6.45) is 0.490. The number of guanidine groups is 1. The summed E-state index contributed by atoms with van der Waals surface area (Å²) in [7, 11) is 0. The molecule has 116 heavy (non-hydrogen) atoms. The Bertz CT molecular complexity index is 3400. The van der Waals surface area contributed by atoms with Gasteiger partial charge in [-0.3, -0.25) is 81.7 Å². The van der Waals surface area contributed by atoms with Crippen molar-refractivity contribution in [1.29, 1.82) is 0 Å². The molecule has 1 rings (SSSR count). The first-order valence-electron chi connectivity index (χ1n) is 39.2. The van der Waals surface area contributed by atoms with Crippen LogP contribution in [-0.4, -0.2) is 253 Å². The average Bonchev–Trinajstić information content (AvgIpc) is 1.22. The molecule has 0 fully saturated rings. The number of aliphatic carboxylic acids is 4. The molecule has 0 aliphatic carbocycles. The Morgan fingerprint density at radius 3 is 1.05 bits per heavy atom. The van der Waals surface area contributed by atoms with Gasteiger partial charge in [0.25, 0.3) is 0 Å². The molecule has 0 saturated heterocycles. The maximum Gasteiger partial charge on any atom is 0.328 e. The number of carboxylic acids is 4. The summed E-state index contributed by atoms with van der Waals surface area (Å²) < 4.78 is 0. The number of nitrogens with two attached hydrogens (primary N) is 5. The van der Waals surface area contributed by atoms with E-state index in [1.54, 1.807) is 55.4 Å². The Hall–Kier alpha value is -10.7. The van der Waals surface area contributed by atoms with E-state index in [0.717, 1.165) is 6.92 Å². The second-order valence-electron chi connectivity index (χ2n) is 29.8. The Morgan fingerprint density at radius 2 is 0.724 bits per heavy atom. The van der Waals surface area contributed by atoms with Gasteiger partial charge < -0.3 is 128 Å². The first-order chi connectivity index (χ1) is 54.6. The van der Waals surface area contributed by atoms with E-state index in [4.69, 9.17) is 28.7 Å². The minimum atomic E-state index is -1.91. The maximum absolute atomic E-state index is 14.8. The van der Waals surface area contributed by atoms with Gasteiger partial charge in [0.2, 0.25) is 76.8 Å². The highest BCUT2D eigenvalue weighted by atomic mass is 16.4. The van der Waals surface area contributed by atoms with E-state index < -0.39 is 217 Å². The van der Waals surface area contributed by atoms with E-state index in [9.17, 15) is 107 Å². The van der Waals surface area contributed by atoms with Gasteiger partial charge in [-0.2, -0.15) is 0 Å². The van der Waals surface area contributed by atoms with Crippen LogP contribution in [-0.2, 0) is 87.9 Å². The first kappa shape index (κ1) is 103. The zero-order chi connectivity index (χ0) is 87.9. The van der Waals surface area contributed by atoms with Crippen LogP contribution in [0, 0.1) is 23.7 Å². The van der Waals surface area contributed by atoms with Crippen molar-refractivity contribution in [2.45, 2.75) is 276 Å². The molecule has 0 aliphatic rings. The first-order valence-corrected chi connectivity index (χ1v) is 39.2. The van der Waals surface area contributed by atoms with Crippen molar-refractivity contribution in [3.63, 3.8) is 0 Å². The number of aromatic nitrogens is 2. The number of aliphatic hydroxyl groups is 1. The third kappa shape index (κ3) is 42.1. The van der Waals surface area contributed by atoms with E-state index in [1.165, 1.54) is 12.5 Å². The van der Waals surface area contributed by atoms with E-state index in [0.29, 0.717) is 31.4 Å². The number of hydrogen-bond donors (Lipinski definition) is 24. The van der Waals surface area contributed by atoms with Crippen molar-refractivity contribution in [3.05, 3.63) is 18.2 Å². The van der Waals surface area contributed by atoms with Gasteiger partial charge in [0.1, 0.15) is 78.5 Å². The van der Waals surface area contributed by atoms with Gasteiger partial charge in [0.15, 0.2) is 5.96 Å². The Kier molecular flexibility index (Phi) is 49.7. The quantitative estimate of drug-likeness (QED) is 0.0165. The zero-order valence-electron chi connectivity index (χ0n) is 67.8. The van der Waals surface area contributed by atoms with Gasteiger partial charge >= 0.3 is 23.9 Å². The minimum absolute atomic E-state index is 0.0149. The Labute approximate surface area is 674 Å². The van der Waals surface area contributed by atoms with E-state index >= 15 is 0 Å². The summed E-state index contributed by atoms with van der Waals surface area (Å²) in [5, 5.41) is 80.5. The van der Waals surface area contributed by atoms with Crippen LogP contribution < -0.4 is 97.8 Å². The second kappa shape index (κ2) is 55.8. The van der Waals surface area contributed by atoms with Crippen molar-refractivity contribution >= 4 is 107 Å². The molecule has 656 valence electrons. The smallest absolute Gasteiger partial charge is 0.328 e. The van der Waals surface area contributed by atoms with Gasteiger partial charge in [-0.15, -0.1) is 0 Å². The van der Waals surface area contributed by atoms with Crippen LogP contribution in [0.25, 0.3) is 0 Å². The molecule has 0 saturated carbocycles. The summed E-state index contributed by atoms with van der Waals surface area (Å²) in [5.74, 6) is -20.5. The van der Waals surface area contributed by atoms with Gasteiger partial charge in [0, 0.05) is 44.6 Å². The van der Waals surface area contributed by atoms with Gasteiger partial charge in [-0.05, 0) is 146 Å². The lowest BCUT2D eigenvalue weighted by Crippen LogP contribution is -2.61. The molecule has 0 spiro atoms. The van der Waals surface area contributed by atoms with E-state index in [2.05, 4.69) is 78.8 Å². The van der Waals surface area contributed by atoms with Crippen molar-refractivity contribution in [1.82, 2.24) is 79.1 Å². The number of nitrogens with zero attached hydrogens (tertiary/aromatic N) is 2. The van der Waals surface area contributed by atoms with E-state index in [1.807, 2.05) is 5.32 Å². The molecule has 1 heterocycles. The Morgan fingerprint density at radius 1 is 0.405 bits per heavy atom. The lowest BCUT2D eigenvalue weighted by molar-refractivity contribution is -0.144. The van der Waals surface area contributed by atoms with Crippen LogP contribution in [0.4, 0.5) is 0 Å². The van der Waals surface area contributed by atoms with Crippen LogP contribution in [0.1, 0.15) is 196 Å². The normalized spacial score (nSPS) is 14.8. The van der Waals surface area contributed by atoms with Crippen molar-refractivity contribution in [2.75, 3.05) is 32.8 Å². The SMILES string of the molecule is CC[C@H](C)[C@H](NC(=O)[C@H](CCCCN)NC(=O)[C@H](Cc1cnc[nH]1)NC(=O)[C@H](CCCCN)NC(=O)[C@H](CCC(=O)O)NC(C)=O)C(=O)N[C@@H](CC(C)C)C(=O)N[C@@H](CCC(=O)O)C(=O)N[C@@H](CCCN=C(N)N)C(=O)N[C@@H](CC(C)C)C(=O)N[C@@H](CC(C)C)C(=O)N[C@@H](CCCCN)C(=O)N[C@@H](CC(=O)O)C(=O)N[C@@H](CO)C(=O)O. The standard InChI is InChI=1S/C73H127N21O22/c1-10-41(8)59(94-65(108)46(20-13-16-28-76)86-69(112)53(33-43-35-79-37-81-43)90-60(103)44(18-11-14-26-74)83-63(106)48(82-42(9)96)22-24-56(97)98)71(114)92-52(32-40(6)7)67(110)87-49(23-25-57(99)100)64(107)84-47(21-17-29-80-73(77)78)62(105)88-51(31-39(4)5)68(111)89-50(30-38(2)3)66(109)85-45(19-12-15-27-75)61(104)91-54(34-58(101)102)70(113)93-55(36-95)72(115)116/h35,37-41,44-55,59,95H,10-34,36,74-76H2,1-9H3,(H,79,81)(H,82,96)(H,83,106)(H,84,107)(H,85,109)(H,86,112)(H,87,110)(H,88,105)(H,89,111)(H,90,103)(H,91,104)(H,92,114)(H,93,113)(H,94,108)(H,97,98)(H,99,100)(H,101,102)(H,115,116)(H4,77,78,80)/t41-,44-,45-,46-,47-,48-,49-,50-,51-,52-,53-,54-,55-,59-/m0/s1. The number of rotatable bonds is 61. The number of carbonyl (C=O) groups excluding carboxylic acids is 13. The van der Waals surface area contributed by atoms with Gasteiger partial charge in [-0.1, -0.05) is 61.8 Å². The van der Waals surface area contributed by atoms with Crippen LogP contribution in [0.3, 0.4) is 0 Å². The lowest BCUT2D eigenvalue weighted by Gasteiger charge is -2.30. The number of amides is 13. The molecule has 0 radical (unpaired) electrons. The predicted molar refractivity (Wildman–Crippen MR) is 420 cm³/mol. The largest absolute Gasteiger partial charge is 0.481 e. The fraction of sp³-hybridized carbons (Fsp3) is 0.712. The fourth-order valence-electron chi connectivity index (χ4n) is 11.8. The molecule has 0 aromatic carbocycles. The molecule has 29 N–H and O–H groups in total. The molecule has 0 bridgehead atoms. The number of aromatic amines is 1. The van der Waals surface area contributed by atoms with Gasteiger partial charge in [0.05, 0.1) is 19.4 Å². The number of carboxylic acid groups (broad SMARTS) is 4. The summed E-state index contributed by atoms with van der Waals surface area (Å²) in [6.45, 7) is 14.0. The minimum Gasteiger partial charge on any atom is -0.481 e. The number of hydrogen-bond acceptors (Lipinski definition) is 23. The molecule has 43 heteroatoms. The third-order valence-electron chi connectivity index (χ3n) is 18.2. The maximum atomic E-state index is 14.8. The lowest BCUT2D eigenvalue weighted by atomic mass is 9.95. The summed E-state index contributed by atoms with van der Waals surface area (Å²) in [4.78, 5) is 242. The topological polar surface area (TPSA) is 719 Å². The molecule has 1 aromatic heterocycles. The molecule has 43 nitrogen and oxygen atoms in total. The van der Waals surface area contributed by atoms with E-state index in [-0.39, 0.29) is 133 Å². The number of H-pyrrole nitrogens is 1. The summed E-state index contributed by atoms with van der Waals surface area (Å²) >= 11 is 0. The number of unbranched alkanes of at least 4 members (excludes halogenated alkanes) is 3. The van der Waals surface area contributed by atoms with Crippen LogP contribution >= 0.6 is 0 Å². The van der Waals surface area contributed by atoms with Crippen molar-refractivity contribution in [2.24, 2.45) is 57.3 Å². The highest BCUT2D eigenvalue weighted by Crippen LogP contribution is 2.17. The molecule has 13 amide bonds. The predicted octanol–water partition coefficient (Wildman–Crippen LogP) is -4.82. The monoisotopic (exact) mass is 1650 g/mol. The fourth-order valence-corrected chi connectivity index (χ4v) is 11.8. The highest BCUT2D eigenvalue weighted by molar-refractivity contribution is 6.00. The van der Waals surface area contributed by atoms with Crippen LogP contribution in [0.2, 0.25) is 0 Å². The number of aliphatic imine (C=N–C) groups is 1. The number of imidazole rings is 1. The number of carbonyl (C=O) groups is 17. The zero-order valence-corrected chi connectivity index (χ0v) is 67.8. The molecule has 1 aromatic rings. The molecule has 0 aliphatic heterocycles. The summed E-state index contributed by atoms with van der Waals surface area (Å²) in [6, 6.07) is -20.2. The van der Waals surface area contributed by atoms with Crippen molar-refractivity contribution < 1.29 is 107 Å². The van der Waals surface area contributed by atoms with Crippen LogP contribution in [0.15, 0.2) is 17.5 Å². The highest BCUT2D eigenvalue weighted by Gasteiger charge is 2.39. The molecular formula is C73H127N21O22. The Balaban J connectivity index is 3.85. The van der Waals surface area contributed by atoms with Crippen molar-refractivity contribution in [3.8, 4) is 0 Å². The molecule has 14 atom stereocenters. The molecular weight excluding hydrogens is 1520 g/mol. The number of aliphatic hydroxyl groups excluding tert-OH is 1. The number of nitrogens with one attached hydrogen (secondary N) is 14. The van der Waals surface area contributed by atoms with Crippen LogP contribution in [0.5, 0.6) is 0 Å². The van der Waals surface area contributed by atoms with Gasteiger partial charge in [-0.25, -0.2) is 9.78 Å². The third-order valence-corrected chi connectivity index (χ3v) is 18.2. The average molecular weight is 1650 g/mol. The molecule has 0 unspecified atom stereocenters. The summed E-state index contributed by atoms with van der Waals surface area (Å²) in [5.41, 5.74) is 28.8. The second-order valence-corrected chi connectivity index (χ2v) is 29.8.